The third-order valence-electron chi connectivity index (χ3n) is 1.74. The van der Waals surface area contributed by atoms with Gasteiger partial charge in [-0.2, -0.15) is 11.8 Å². The lowest BCUT2D eigenvalue weighted by molar-refractivity contribution is 0.660. The van der Waals surface area contributed by atoms with E-state index in [0.717, 1.165) is 11.7 Å². The molecule has 0 saturated carbocycles. The lowest BCUT2D eigenvalue weighted by atomic mass is 10.2. The molecule has 0 rings (SSSR count). The maximum absolute atomic E-state index is 5.70. The summed E-state index contributed by atoms with van der Waals surface area (Å²) in [6.07, 6.45) is 2.39. The number of rotatable bonds is 5. The quantitative estimate of drug-likeness (QED) is 0.695. The molecular weight excluding hydrogens is 154 g/mol. The first-order chi connectivity index (χ1) is 5.06. The second kappa shape index (κ2) is 5.90. The van der Waals surface area contributed by atoms with Gasteiger partial charge in [0.1, 0.15) is 0 Å². The van der Waals surface area contributed by atoms with Gasteiger partial charge >= 0.3 is 0 Å². The van der Waals surface area contributed by atoms with Gasteiger partial charge in [0.25, 0.3) is 0 Å². The third kappa shape index (κ3) is 6.70. The molecule has 0 aliphatic rings. The Morgan fingerprint density at radius 2 is 1.73 bits per heavy atom. The van der Waals surface area contributed by atoms with Crippen molar-refractivity contribution in [2.24, 2.45) is 5.73 Å². The molecule has 0 aliphatic heterocycles. The maximum Gasteiger partial charge on any atom is 0.00360 e. The second-order valence-corrected chi connectivity index (χ2v) is 5.26. The molecule has 2 N–H and O–H groups in total. The summed E-state index contributed by atoms with van der Waals surface area (Å²) in [6.45, 7) is 8.85. The summed E-state index contributed by atoms with van der Waals surface area (Å²) in [4.78, 5) is 0. The molecule has 0 bridgehead atoms. The van der Waals surface area contributed by atoms with Gasteiger partial charge in [0.2, 0.25) is 0 Å². The average molecular weight is 175 g/mol. The number of hydrogen-bond acceptors (Lipinski definition) is 2. The van der Waals surface area contributed by atoms with Crippen LogP contribution in [0, 0.1) is 0 Å². The van der Waals surface area contributed by atoms with E-state index in [2.05, 4.69) is 27.7 Å². The molecule has 1 nitrogen and oxygen atoms in total. The fraction of sp³-hybridized carbons (Fsp3) is 1.00. The van der Waals surface area contributed by atoms with Crippen LogP contribution in [0.5, 0.6) is 0 Å². The van der Waals surface area contributed by atoms with Crippen LogP contribution >= 0.6 is 11.8 Å². The van der Waals surface area contributed by atoms with E-state index in [1.807, 2.05) is 11.8 Å². The van der Waals surface area contributed by atoms with E-state index < -0.39 is 0 Å². The Kier molecular flexibility index (Phi) is 6.06. The fourth-order valence-corrected chi connectivity index (χ4v) is 2.47. The standard InChI is InChI=1S/C9H21NS/c1-5-8(3)11-9(4)6-7(2)10/h7-9H,5-6,10H2,1-4H3. The van der Waals surface area contributed by atoms with Crippen LogP contribution in [0.4, 0.5) is 0 Å². The van der Waals surface area contributed by atoms with E-state index in [-0.39, 0.29) is 0 Å². The van der Waals surface area contributed by atoms with Gasteiger partial charge < -0.3 is 5.73 Å². The molecule has 0 aliphatic carbocycles. The summed E-state index contributed by atoms with van der Waals surface area (Å²) in [5.41, 5.74) is 5.70. The fourth-order valence-electron chi connectivity index (χ4n) is 1.07. The van der Waals surface area contributed by atoms with Crippen molar-refractivity contribution in [3.05, 3.63) is 0 Å². The summed E-state index contributed by atoms with van der Waals surface area (Å²) >= 11 is 2.05. The Morgan fingerprint density at radius 3 is 2.09 bits per heavy atom. The summed E-state index contributed by atoms with van der Waals surface area (Å²) in [5.74, 6) is 0. The van der Waals surface area contributed by atoms with E-state index in [1.54, 1.807) is 0 Å². The monoisotopic (exact) mass is 175 g/mol. The minimum absolute atomic E-state index is 0.349. The van der Waals surface area contributed by atoms with Crippen LogP contribution in [0.25, 0.3) is 0 Å². The van der Waals surface area contributed by atoms with E-state index in [9.17, 15) is 0 Å². The molecule has 68 valence electrons. The van der Waals surface area contributed by atoms with Crippen LogP contribution in [0.2, 0.25) is 0 Å². The number of thioether (sulfide) groups is 1. The first-order valence-corrected chi connectivity index (χ1v) is 5.41. The minimum Gasteiger partial charge on any atom is -0.328 e. The van der Waals surface area contributed by atoms with Crippen LogP contribution < -0.4 is 5.73 Å². The van der Waals surface area contributed by atoms with Gasteiger partial charge in [0, 0.05) is 16.5 Å². The molecule has 0 aromatic rings. The van der Waals surface area contributed by atoms with Gasteiger partial charge in [0.05, 0.1) is 0 Å². The molecule has 2 heteroatoms. The van der Waals surface area contributed by atoms with Crippen molar-refractivity contribution < 1.29 is 0 Å². The molecule has 0 amide bonds. The molecule has 3 unspecified atom stereocenters. The number of nitrogens with two attached hydrogens (primary N) is 1. The van der Waals surface area contributed by atoms with Gasteiger partial charge in [-0.3, -0.25) is 0 Å². The Hall–Kier alpha value is 0.310. The highest BCUT2D eigenvalue weighted by molar-refractivity contribution is 8.00. The highest BCUT2D eigenvalue weighted by Gasteiger charge is 2.08. The van der Waals surface area contributed by atoms with Crippen LogP contribution in [0.15, 0.2) is 0 Å². The van der Waals surface area contributed by atoms with Gasteiger partial charge in [-0.1, -0.05) is 20.8 Å². The van der Waals surface area contributed by atoms with Gasteiger partial charge in [-0.25, -0.2) is 0 Å². The molecule has 0 aromatic heterocycles. The highest BCUT2D eigenvalue weighted by Crippen LogP contribution is 2.22. The van der Waals surface area contributed by atoms with Crippen molar-refractivity contribution in [2.45, 2.75) is 57.1 Å². The first kappa shape index (κ1) is 11.3. The predicted molar refractivity (Wildman–Crippen MR) is 55.1 cm³/mol. The number of hydrogen-bond donors (Lipinski definition) is 1. The molecular formula is C9H21NS. The normalized spacial score (nSPS) is 19.4. The largest absolute Gasteiger partial charge is 0.328 e. The Morgan fingerprint density at radius 1 is 1.18 bits per heavy atom. The van der Waals surface area contributed by atoms with Crippen LogP contribution in [0.1, 0.15) is 40.5 Å². The molecule has 0 saturated heterocycles. The van der Waals surface area contributed by atoms with E-state index in [0.29, 0.717) is 11.3 Å². The topological polar surface area (TPSA) is 26.0 Å². The van der Waals surface area contributed by atoms with E-state index in [1.165, 1.54) is 6.42 Å². The van der Waals surface area contributed by atoms with Gasteiger partial charge in [-0.05, 0) is 19.8 Å². The highest BCUT2D eigenvalue weighted by atomic mass is 32.2. The predicted octanol–water partition coefficient (Wildman–Crippen LogP) is 2.64. The van der Waals surface area contributed by atoms with Crippen molar-refractivity contribution in [1.82, 2.24) is 0 Å². The maximum atomic E-state index is 5.70. The zero-order chi connectivity index (χ0) is 8.85. The second-order valence-electron chi connectivity index (χ2n) is 3.38. The zero-order valence-corrected chi connectivity index (χ0v) is 8.95. The average Bonchev–Trinajstić information content (AvgIpc) is 1.85. The molecule has 0 aromatic carbocycles. The minimum atomic E-state index is 0.349. The third-order valence-corrected chi connectivity index (χ3v) is 3.20. The summed E-state index contributed by atoms with van der Waals surface area (Å²) in [5, 5.41) is 1.49. The lowest BCUT2D eigenvalue weighted by Gasteiger charge is -2.17. The van der Waals surface area contributed by atoms with Crippen LogP contribution in [0.3, 0.4) is 0 Å². The summed E-state index contributed by atoms with van der Waals surface area (Å²) in [7, 11) is 0. The van der Waals surface area contributed by atoms with Gasteiger partial charge in [0.15, 0.2) is 0 Å². The van der Waals surface area contributed by atoms with Crippen molar-refractivity contribution in [3.8, 4) is 0 Å². The van der Waals surface area contributed by atoms with Crippen LogP contribution in [-0.4, -0.2) is 16.5 Å². The van der Waals surface area contributed by atoms with Crippen molar-refractivity contribution in [3.63, 3.8) is 0 Å². The van der Waals surface area contributed by atoms with E-state index in [4.69, 9.17) is 5.73 Å². The van der Waals surface area contributed by atoms with E-state index >= 15 is 0 Å². The molecule has 11 heavy (non-hydrogen) atoms. The van der Waals surface area contributed by atoms with Gasteiger partial charge in [-0.15, -0.1) is 0 Å². The SMILES string of the molecule is CCC(C)SC(C)CC(C)N. The molecule has 0 heterocycles. The molecule has 0 spiro atoms. The van der Waals surface area contributed by atoms with Crippen molar-refractivity contribution in [1.29, 1.82) is 0 Å². The van der Waals surface area contributed by atoms with Crippen LogP contribution in [-0.2, 0) is 0 Å². The smallest absolute Gasteiger partial charge is 0.00360 e. The summed E-state index contributed by atoms with van der Waals surface area (Å²) in [6, 6.07) is 0.349. The Bertz CT molecular complexity index is 93.6. The molecule has 0 radical (unpaired) electrons. The van der Waals surface area contributed by atoms with Crippen molar-refractivity contribution in [2.75, 3.05) is 0 Å². The van der Waals surface area contributed by atoms with Crippen molar-refractivity contribution >= 4 is 11.8 Å². The summed E-state index contributed by atoms with van der Waals surface area (Å²) < 4.78 is 0. The molecule has 3 atom stereocenters. The molecule has 0 fully saturated rings. The zero-order valence-electron chi connectivity index (χ0n) is 8.13. The Labute approximate surface area is 75.1 Å². The Balaban J connectivity index is 3.43. The lowest BCUT2D eigenvalue weighted by Crippen LogP contribution is -2.20. The first-order valence-electron chi connectivity index (χ1n) is 4.47.